The van der Waals surface area contributed by atoms with Gasteiger partial charge in [-0.05, 0) is 64.3 Å². The van der Waals surface area contributed by atoms with Crippen LogP contribution in [0.4, 0.5) is 0 Å². The summed E-state index contributed by atoms with van der Waals surface area (Å²) >= 11 is 0. The molecule has 1 aliphatic carbocycles. The molecule has 0 saturated heterocycles. The van der Waals surface area contributed by atoms with Gasteiger partial charge in [-0.15, -0.1) is 15.8 Å². The first-order chi connectivity index (χ1) is 12.9. The van der Waals surface area contributed by atoms with E-state index < -0.39 is 0 Å². The third kappa shape index (κ3) is 23.0. The van der Waals surface area contributed by atoms with Gasteiger partial charge in [0.2, 0.25) is 0 Å². The molecule has 0 fully saturated rings. The topological polar surface area (TPSA) is 0 Å². The van der Waals surface area contributed by atoms with E-state index in [0.29, 0.717) is 15.8 Å². The van der Waals surface area contributed by atoms with Crippen LogP contribution in [0.1, 0.15) is 11.1 Å². The summed E-state index contributed by atoms with van der Waals surface area (Å²) in [7, 11) is 0.759. The van der Waals surface area contributed by atoms with Gasteiger partial charge in [0, 0.05) is 36.1 Å². The first kappa shape index (κ1) is 29.1. The van der Waals surface area contributed by atoms with Crippen LogP contribution >= 0.6 is 15.8 Å². The van der Waals surface area contributed by atoms with Gasteiger partial charge in [0.25, 0.3) is 0 Å². The second-order valence-corrected chi connectivity index (χ2v) is 12.0. The molecule has 0 bridgehead atoms. The molecule has 0 saturated carbocycles. The van der Waals surface area contributed by atoms with E-state index in [1.807, 2.05) is 91.4 Å². The summed E-state index contributed by atoms with van der Waals surface area (Å²) < 4.78 is 0. The number of hydrogen-bond acceptors (Lipinski definition) is 0. The molecule has 0 heterocycles. The molecule has 2 aromatic rings. The zero-order chi connectivity index (χ0) is 20.3. The summed E-state index contributed by atoms with van der Waals surface area (Å²) in [5.74, 6) is 6.22. The fourth-order valence-electron chi connectivity index (χ4n) is 1.51. The summed E-state index contributed by atoms with van der Waals surface area (Å²) in [5, 5.41) is 0. The Morgan fingerprint density at radius 3 is 1.00 bits per heavy atom. The molecular weight excluding hydrogens is 413 g/mol. The predicted molar refractivity (Wildman–Crippen MR) is 131 cm³/mol. The Morgan fingerprint density at radius 1 is 0.500 bits per heavy atom. The number of benzene rings is 2. The van der Waals surface area contributed by atoms with Crippen LogP contribution in [0.15, 0.2) is 85.0 Å². The van der Waals surface area contributed by atoms with E-state index in [-0.39, 0.29) is 18.6 Å². The molecular formula is C25H33P2V. The smallest absolute Gasteiger partial charge is 0.0249 e. The van der Waals surface area contributed by atoms with Gasteiger partial charge in [-0.1, -0.05) is 72.5 Å². The molecule has 28 heavy (non-hydrogen) atoms. The number of allylic oxidation sites excluding steroid dienone is 4. The summed E-state index contributed by atoms with van der Waals surface area (Å²) in [6.45, 7) is 13.4. The Hall–Kier alpha value is -1.08. The largest absolute Gasteiger partial charge is 0.116 e. The van der Waals surface area contributed by atoms with Crippen molar-refractivity contribution < 1.29 is 18.6 Å². The minimum Gasteiger partial charge on any atom is -0.116 e. The van der Waals surface area contributed by atoms with Crippen LogP contribution in [0.2, 0.25) is 0 Å². The van der Waals surface area contributed by atoms with Crippen LogP contribution < -0.4 is 0 Å². The fourth-order valence-corrected chi connectivity index (χ4v) is 1.51. The van der Waals surface area contributed by atoms with Crippen molar-refractivity contribution in [1.29, 1.82) is 0 Å². The molecule has 148 valence electrons. The molecule has 0 spiro atoms. The van der Waals surface area contributed by atoms with Crippen molar-refractivity contribution in [3.8, 4) is 11.8 Å². The van der Waals surface area contributed by atoms with Crippen LogP contribution in [-0.2, 0) is 18.6 Å². The molecule has 0 atom stereocenters. The predicted octanol–water partition coefficient (Wildman–Crippen LogP) is 7.12. The van der Waals surface area contributed by atoms with E-state index in [0.717, 1.165) is 11.1 Å². The van der Waals surface area contributed by atoms with E-state index in [4.69, 9.17) is 0 Å². The van der Waals surface area contributed by atoms with Crippen LogP contribution in [-0.4, -0.2) is 40.0 Å². The Labute approximate surface area is 188 Å². The maximum atomic E-state index is 3.11. The van der Waals surface area contributed by atoms with Crippen molar-refractivity contribution in [2.24, 2.45) is 0 Å². The molecule has 0 aliphatic heterocycles. The summed E-state index contributed by atoms with van der Waals surface area (Å²) in [4.78, 5) is 0. The quantitative estimate of drug-likeness (QED) is 0.299. The van der Waals surface area contributed by atoms with Crippen LogP contribution in [0.5, 0.6) is 0 Å². The van der Waals surface area contributed by atoms with Gasteiger partial charge in [-0.2, -0.15) is 0 Å². The Balaban J connectivity index is 0. The van der Waals surface area contributed by atoms with Crippen LogP contribution in [0.25, 0.3) is 0 Å². The first-order valence-electron chi connectivity index (χ1n) is 8.92. The molecule has 0 unspecified atom stereocenters. The molecule has 1 aliphatic rings. The van der Waals surface area contributed by atoms with E-state index in [1.165, 1.54) is 0 Å². The molecule has 2 radical (unpaired) electrons. The number of hydrogen-bond donors (Lipinski definition) is 0. The van der Waals surface area contributed by atoms with Gasteiger partial charge in [-0.3, -0.25) is 0 Å². The second kappa shape index (κ2) is 20.7. The second-order valence-electron chi connectivity index (χ2n) is 6.63. The monoisotopic (exact) mass is 446 g/mol. The van der Waals surface area contributed by atoms with E-state index in [9.17, 15) is 0 Å². The average Bonchev–Trinajstić information content (AvgIpc) is 3.21. The third-order valence-electron chi connectivity index (χ3n) is 2.45. The van der Waals surface area contributed by atoms with Crippen molar-refractivity contribution in [1.82, 2.24) is 0 Å². The van der Waals surface area contributed by atoms with Gasteiger partial charge in [0.05, 0.1) is 0 Å². The summed E-state index contributed by atoms with van der Waals surface area (Å²) in [5.41, 5.74) is 2.10. The molecule has 0 nitrogen and oxygen atoms in total. The van der Waals surface area contributed by atoms with Crippen molar-refractivity contribution in [2.75, 3.05) is 40.0 Å². The molecule has 2 aromatic carbocycles. The standard InChI is InChI=1S/C14H10.C5H5.2C3H9P.V/c1-3-7-13(8-4-1)11-12-14-9-5-2-6-10-14;1-2-4-5-3-1;2*1-4(2)3;/h1-10H;1-5H;2*1-3H3;. The minimum atomic E-state index is 0. The Kier molecular flexibility index (Phi) is 21.5. The van der Waals surface area contributed by atoms with Crippen molar-refractivity contribution in [3.63, 3.8) is 0 Å². The number of rotatable bonds is 0. The van der Waals surface area contributed by atoms with Crippen LogP contribution in [0.3, 0.4) is 0 Å². The minimum absolute atomic E-state index is 0. The SMILES string of the molecule is C(#Cc1ccccc1)c1ccccc1.CP(C)C.CP(C)C.[CH]1C=CC=C1.[V]. The van der Waals surface area contributed by atoms with Crippen molar-refractivity contribution >= 4 is 15.8 Å². The van der Waals surface area contributed by atoms with E-state index >= 15 is 0 Å². The summed E-state index contributed by atoms with van der Waals surface area (Å²) in [6, 6.07) is 20.0. The van der Waals surface area contributed by atoms with Crippen molar-refractivity contribution in [2.45, 2.75) is 0 Å². The van der Waals surface area contributed by atoms with Gasteiger partial charge in [0.1, 0.15) is 0 Å². The molecule has 0 aromatic heterocycles. The van der Waals surface area contributed by atoms with Gasteiger partial charge in [0.15, 0.2) is 0 Å². The first-order valence-corrected chi connectivity index (χ1v) is 14.3. The fraction of sp³-hybridized carbons (Fsp3) is 0.240. The van der Waals surface area contributed by atoms with E-state index in [1.54, 1.807) is 0 Å². The zero-order valence-corrected chi connectivity index (χ0v) is 21.2. The third-order valence-corrected chi connectivity index (χ3v) is 2.45. The molecule has 3 heteroatoms. The average molecular weight is 446 g/mol. The van der Waals surface area contributed by atoms with Crippen molar-refractivity contribution in [3.05, 3.63) is 103 Å². The molecule has 0 amide bonds. The Morgan fingerprint density at radius 2 is 0.786 bits per heavy atom. The maximum absolute atomic E-state index is 3.11. The summed E-state index contributed by atoms with van der Waals surface area (Å²) in [6.07, 6.45) is 10.0. The zero-order valence-electron chi connectivity index (χ0n) is 18.0. The normalized spacial score (nSPS) is 10.1. The van der Waals surface area contributed by atoms with E-state index in [2.05, 4.69) is 51.8 Å². The van der Waals surface area contributed by atoms with Gasteiger partial charge < -0.3 is 0 Å². The van der Waals surface area contributed by atoms with Gasteiger partial charge in [-0.25, -0.2) is 0 Å². The Bertz CT molecular complexity index is 629. The maximum Gasteiger partial charge on any atom is 0.0249 e. The van der Waals surface area contributed by atoms with Crippen LogP contribution in [0, 0.1) is 18.3 Å². The molecule has 0 N–H and O–H groups in total. The molecule has 3 rings (SSSR count). The van der Waals surface area contributed by atoms with Gasteiger partial charge >= 0.3 is 0 Å².